The van der Waals surface area contributed by atoms with Gasteiger partial charge in [-0.1, -0.05) is 42.4 Å². The number of rotatable bonds is 10. The number of hydrogen-bond acceptors (Lipinski definition) is 7. The number of carbonyl (C=O) groups is 1. The van der Waals surface area contributed by atoms with Gasteiger partial charge in [-0.05, 0) is 54.8 Å². The van der Waals surface area contributed by atoms with E-state index in [2.05, 4.69) is 11.4 Å². The van der Waals surface area contributed by atoms with E-state index in [1.807, 2.05) is 36.4 Å². The monoisotopic (exact) mass is 421 g/mol. The minimum atomic E-state index is -1.20. The lowest BCUT2D eigenvalue weighted by molar-refractivity contribution is -0.492. The SMILES string of the molecule is C=C(c1ccc(Cl)cc1)c1ccc(OC(C)(C)C(=O)OCCCON(O)O)cc1. The van der Waals surface area contributed by atoms with Crippen molar-refractivity contribution in [2.45, 2.75) is 25.9 Å². The van der Waals surface area contributed by atoms with Crippen LogP contribution in [0.25, 0.3) is 5.57 Å². The van der Waals surface area contributed by atoms with Gasteiger partial charge in [0.2, 0.25) is 0 Å². The summed E-state index contributed by atoms with van der Waals surface area (Å²) in [6, 6.07) is 14.7. The average molecular weight is 422 g/mol. The molecular formula is C21H24ClNO6. The van der Waals surface area contributed by atoms with Crippen LogP contribution in [0.5, 0.6) is 5.75 Å². The lowest BCUT2D eigenvalue weighted by atomic mass is 10.00. The third-order valence-corrected chi connectivity index (χ3v) is 4.24. The first-order chi connectivity index (χ1) is 13.7. The summed E-state index contributed by atoms with van der Waals surface area (Å²) < 4.78 is 10.9. The molecule has 0 atom stereocenters. The summed E-state index contributed by atoms with van der Waals surface area (Å²) in [5, 5.41) is 17.1. The van der Waals surface area contributed by atoms with Crippen LogP contribution in [0.15, 0.2) is 55.1 Å². The van der Waals surface area contributed by atoms with E-state index in [0.717, 1.165) is 16.7 Å². The zero-order valence-electron chi connectivity index (χ0n) is 16.3. The highest BCUT2D eigenvalue weighted by molar-refractivity contribution is 6.30. The van der Waals surface area contributed by atoms with E-state index in [4.69, 9.17) is 31.5 Å². The van der Waals surface area contributed by atoms with E-state index >= 15 is 0 Å². The number of esters is 1. The van der Waals surface area contributed by atoms with Gasteiger partial charge in [0.15, 0.2) is 5.60 Å². The van der Waals surface area contributed by atoms with Gasteiger partial charge in [-0.3, -0.25) is 15.3 Å². The van der Waals surface area contributed by atoms with Crippen molar-refractivity contribution in [2.75, 3.05) is 13.2 Å². The highest BCUT2D eigenvalue weighted by Crippen LogP contribution is 2.26. The maximum absolute atomic E-state index is 12.2. The highest BCUT2D eigenvalue weighted by Gasteiger charge is 2.31. The molecule has 0 aliphatic heterocycles. The molecule has 0 amide bonds. The van der Waals surface area contributed by atoms with Gasteiger partial charge >= 0.3 is 5.97 Å². The smallest absolute Gasteiger partial charge is 0.349 e. The molecule has 0 heterocycles. The second kappa shape index (κ2) is 10.4. The Bertz CT molecular complexity index is 818. The van der Waals surface area contributed by atoms with Crippen molar-refractivity contribution in [3.05, 3.63) is 71.3 Å². The number of halogens is 1. The molecule has 2 aromatic carbocycles. The molecule has 8 heteroatoms. The molecule has 0 aromatic heterocycles. The standard InChI is InChI=1S/C21H24ClNO6/c1-15(16-5-9-18(22)10-6-16)17-7-11-19(12-8-17)29-21(2,3)20(24)27-13-4-14-28-23(25)26/h5-12,25-26H,1,4,13-14H2,2-3H3. The molecule has 2 rings (SSSR count). The number of benzene rings is 2. The minimum Gasteiger partial charge on any atom is -0.476 e. The summed E-state index contributed by atoms with van der Waals surface area (Å²) >= 11 is 5.92. The van der Waals surface area contributed by atoms with Crippen LogP contribution < -0.4 is 4.74 Å². The molecule has 0 saturated carbocycles. The van der Waals surface area contributed by atoms with Crippen molar-refractivity contribution in [1.82, 2.24) is 5.39 Å². The molecule has 0 spiro atoms. The van der Waals surface area contributed by atoms with Crippen molar-refractivity contribution in [1.29, 1.82) is 0 Å². The number of carbonyl (C=O) groups excluding carboxylic acids is 1. The van der Waals surface area contributed by atoms with Crippen LogP contribution in [0, 0.1) is 0 Å². The van der Waals surface area contributed by atoms with Gasteiger partial charge in [0.1, 0.15) is 5.75 Å². The Morgan fingerprint density at radius 2 is 1.59 bits per heavy atom. The van der Waals surface area contributed by atoms with Gasteiger partial charge in [0.05, 0.1) is 18.6 Å². The Balaban J connectivity index is 1.91. The lowest BCUT2D eigenvalue weighted by Crippen LogP contribution is -2.40. The Hall–Kier alpha value is -2.42. The third kappa shape index (κ3) is 7.16. The third-order valence-electron chi connectivity index (χ3n) is 3.99. The predicted octanol–water partition coefficient (Wildman–Crippen LogP) is 4.50. The Morgan fingerprint density at radius 1 is 1.03 bits per heavy atom. The van der Waals surface area contributed by atoms with Crippen LogP contribution in [-0.4, -0.2) is 40.6 Å². The maximum atomic E-state index is 12.2. The molecule has 0 aliphatic carbocycles. The molecular weight excluding hydrogens is 398 g/mol. The summed E-state index contributed by atoms with van der Waals surface area (Å²) in [6.45, 7) is 7.37. The topological polar surface area (TPSA) is 88.5 Å². The van der Waals surface area contributed by atoms with E-state index in [0.29, 0.717) is 17.2 Å². The summed E-state index contributed by atoms with van der Waals surface area (Å²) in [5.74, 6) is -0.0313. The zero-order valence-corrected chi connectivity index (χ0v) is 17.1. The van der Waals surface area contributed by atoms with Crippen LogP contribution in [0.1, 0.15) is 31.4 Å². The Morgan fingerprint density at radius 3 is 2.14 bits per heavy atom. The summed E-state index contributed by atoms with van der Waals surface area (Å²) in [6.07, 6.45) is 0.293. The normalized spacial score (nSPS) is 11.4. The number of hydrogen-bond donors (Lipinski definition) is 2. The van der Waals surface area contributed by atoms with Crippen LogP contribution in [0.2, 0.25) is 5.02 Å². The molecule has 0 radical (unpaired) electrons. The van der Waals surface area contributed by atoms with Gasteiger partial charge in [-0.15, -0.1) is 0 Å². The van der Waals surface area contributed by atoms with Gasteiger partial charge in [-0.25, -0.2) is 4.79 Å². The second-order valence-corrected chi connectivity index (χ2v) is 7.13. The van der Waals surface area contributed by atoms with Crippen molar-refractivity contribution in [3.63, 3.8) is 0 Å². The fourth-order valence-electron chi connectivity index (χ4n) is 2.42. The molecule has 0 saturated heterocycles. The summed E-state index contributed by atoms with van der Waals surface area (Å²) in [4.78, 5) is 16.6. The quantitative estimate of drug-likeness (QED) is 0.331. The summed E-state index contributed by atoms with van der Waals surface area (Å²) in [7, 11) is 0. The molecule has 156 valence electrons. The minimum absolute atomic E-state index is 0.0134. The second-order valence-electron chi connectivity index (χ2n) is 6.70. The van der Waals surface area contributed by atoms with Gasteiger partial charge in [0.25, 0.3) is 0 Å². The molecule has 29 heavy (non-hydrogen) atoms. The lowest BCUT2D eigenvalue weighted by Gasteiger charge is -2.24. The average Bonchev–Trinajstić information content (AvgIpc) is 2.67. The van der Waals surface area contributed by atoms with Crippen molar-refractivity contribution < 1.29 is 29.5 Å². The van der Waals surface area contributed by atoms with E-state index in [-0.39, 0.29) is 18.6 Å². The molecule has 2 aromatic rings. The first-order valence-corrected chi connectivity index (χ1v) is 9.29. The highest BCUT2D eigenvalue weighted by atomic mass is 35.5. The zero-order chi connectivity index (χ0) is 21.4. The largest absolute Gasteiger partial charge is 0.476 e. The Labute approximate surface area is 174 Å². The van der Waals surface area contributed by atoms with E-state index in [1.54, 1.807) is 26.0 Å². The molecule has 0 unspecified atom stereocenters. The fraction of sp³-hybridized carbons (Fsp3) is 0.286. The summed E-state index contributed by atoms with van der Waals surface area (Å²) in [5.41, 5.74) is 1.53. The van der Waals surface area contributed by atoms with Crippen LogP contribution >= 0.6 is 11.6 Å². The Kier molecular flexibility index (Phi) is 8.19. The molecule has 2 N–H and O–H groups in total. The first-order valence-electron chi connectivity index (χ1n) is 8.91. The van der Waals surface area contributed by atoms with Crippen LogP contribution in [-0.2, 0) is 14.4 Å². The van der Waals surface area contributed by atoms with Crippen molar-refractivity contribution in [2.24, 2.45) is 0 Å². The van der Waals surface area contributed by atoms with Gasteiger partial charge < -0.3 is 9.47 Å². The predicted molar refractivity (Wildman–Crippen MR) is 108 cm³/mol. The molecule has 7 nitrogen and oxygen atoms in total. The van der Waals surface area contributed by atoms with Crippen molar-refractivity contribution >= 4 is 23.1 Å². The first kappa shape index (κ1) is 22.9. The van der Waals surface area contributed by atoms with E-state index in [9.17, 15) is 4.79 Å². The fourth-order valence-corrected chi connectivity index (χ4v) is 2.55. The van der Waals surface area contributed by atoms with E-state index in [1.165, 1.54) is 0 Å². The molecule has 0 aliphatic rings. The van der Waals surface area contributed by atoms with Gasteiger partial charge in [0, 0.05) is 11.4 Å². The van der Waals surface area contributed by atoms with Crippen LogP contribution in [0.3, 0.4) is 0 Å². The van der Waals surface area contributed by atoms with Gasteiger partial charge in [-0.2, -0.15) is 0 Å². The number of ether oxygens (including phenoxy) is 2. The molecule has 0 bridgehead atoms. The number of nitrogens with zero attached hydrogens (tertiary/aromatic N) is 1. The van der Waals surface area contributed by atoms with Crippen LogP contribution in [0.4, 0.5) is 0 Å². The van der Waals surface area contributed by atoms with Crippen molar-refractivity contribution in [3.8, 4) is 5.75 Å². The van der Waals surface area contributed by atoms with E-state index < -0.39 is 11.6 Å². The maximum Gasteiger partial charge on any atom is 0.349 e. The molecule has 0 fully saturated rings.